The molecule has 0 fully saturated rings. The molecule has 0 amide bonds. The fraction of sp³-hybridized carbons (Fsp3) is 0.154. The molecular formula is C26H20Cl3NO4. The van der Waals surface area contributed by atoms with Gasteiger partial charge in [0.05, 0.1) is 22.2 Å². The molecule has 3 aromatic rings. The minimum Gasteiger partial charge on any atom is -0.490 e. The van der Waals surface area contributed by atoms with Crippen molar-refractivity contribution < 1.29 is 19.0 Å². The van der Waals surface area contributed by atoms with Gasteiger partial charge in [0.25, 0.3) is 0 Å². The molecule has 174 valence electrons. The molecule has 0 spiro atoms. The van der Waals surface area contributed by atoms with Crippen LogP contribution in [0.3, 0.4) is 0 Å². The van der Waals surface area contributed by atoms with E-state index in [1.807, 2.05) is 38.1 Å². The molecule has 0 radical (unpaired) electrons. The predicted molar refractivity (Wildman–Crippen MR) is 135 cm³/mol. The van der Waals surface area contributed by atoms with E-state index in [1.165, 1.54) is 5.56 Å². The second-order valence-electron chi connectivity index (χ2n) is 7.50. The molecule has 0 atom stereocenters. The van der Waals surface area contributed by atoms with E-state index in [2.05, 4.69) is 4.99 Å². The third-order valence-electron chi connectivity index (χ3n) is 4.92. The number of benzene rings is 3. The van der Waals surface area contributed by atoms with Gasteiger partial charge in [-0.3, -0.25) is 0 Å². The quantitative estimate of drug-likeness (QED) is 0.245. The standard InChI is InChI=1S/C26H20Cl3NO4/c1-3-32-23-12-17(10-21(29)24(23)33-14-16-6-4-15(2)5-7-16)11-22-26(31)34-25(30-22)19-9-8-18(27)13-20(19)28/h4-13H,3,14H2,1-2H3/b22-11-. The van der Waals surface area contributed by atoms with Gasteiger partial charge in [-0.25, -0.2) is 9.79 Å². The molecule has 0 saturated heterocycles. The lowest BCUT2D eigenvalue weighted by molar-refractivity contribution is -0.129. The zero-order valence-electron chi connectivity index (χ0n) is 18.4. The maximum absolute atomic E-state index is 12.4. The number of cyclic esters (lactones) is 1. The number of aryl methyl sites for hydroxylation is 1. The lowest BCUT2D eigenvalue weighted by atomic mass is 10.1. The normalized spacial score (nSPS) is 14.2. The highest BCUT2D eigenvalue weighted by atomic mass is 35.5. The molecule has 8 heteroatoms. The Balaban J connectivity index is 1.61. The number of nitrogens with zero attached hydrogens (tertiary/aromatic N) is 1. The number of hydrogen-bond acceptors (Lipinski definition) is 5. The Morgan fingerprint density at radius 2 is 1.74 bits per heavy atom. The average Bonchev–Trinajstić information content (AvgIpc) is 3.14. The van der Waals surface area contributed by atoms with Gasteiger partial charge in [0.15, 0.2) is 17.2 Å². The topological polar surface area (TPSA) is 57.1 Å². The van der Waals surface area contributed by atoms with Crippen molar-refractivity contribution >= 4 is 52.7 Å². The maximum Gasteiger partial charge on any atom is 0.363 e. The van der Waals surface area contributed by atoms with E-state index in [4.69, 9.17) is 49.0 Å². The zero-order valence-corrected chi connectivity index (χ0v) is 20.7. The first kappa shape index (κ1) is 24.1. The summed E-state index contributed by atoms with van der Waals surface area (Å²) in [4.78, 5) is 16.7. The summed E-state index contributed by atoms with van der Waals surface area (Å²) >= 11 is 18.7. The van der Waals surface area contributed by atoms with E-state index in [1.54, 1.807) is 36.4 Å². The van der Waals surface area contributed by atoms with Crippen LogP contribution in [0.25, 0.3) is 6.08 Å². The van der Waals surface area contributed by atoms with E-state index >= 15 is 0 Å². The molecule has 1 aliphatic heterocycles. The van der Waals surface area contributed by atoms with Crippen LogP contribution in [0.15, 0.2) is 65.3 Å². The third kappa shape index (κ3) is 5.55. The first-order valence-electron chi connectivity index (χ1n) is 10.5. The first-order valence-corrected chi connectivity index (χ1v) is 11.6. The summed E-state index contributed by atoms with van der Waals surface area (Å²) in [5, 5.41) is 1.15. The highest BCUT2D eigenvalue weighted by Gasteiger charge is 2.26. The number of carbonyl (C=O) groups excluding carboxylic acids is 1. The third-order valence-corrected chi connectivity index (χ3v) is 5.75. The zero-order chi connectivity index (χ0) is 24.2. The largest absolute Gasteiger partial charge is 0.490 e. The van der Waals surface area contributed by atoms with Crippen molar-refractivity contribution in [1.29, 1.82) is 0 Å². The molecule has 0 bridgehead atoms. The van der Waals surface area contributed by atoms with Gasteiger partial charge in [0.1, 0.15) is 6.61 Å². The van der Waals surface area contributed by atoms with Gasteiger partial charge in [0, 0.05) is 5.02 Å². The summed E-state index contributed by atoms with van der Waals surface area (Å²) in [6.07, 6.45) is 1.57. The molecule has 0 aliphatic carbocycles. The molecule has 0 unspecified atom stereocenters. The Bertz CT molecular complexity index is 1300. The Labute approximate surface area is 212 Å². The lowest BCUT2D eigenvalue weighted by Gasteiger charge is -2.14. The number of rotatable bonds is 7. The summed E-state index contributed by atoms with van der Waals surface area (Å²) in [7, 11) is 0. The Morgan fingerprint density at radius 1 is 0.971 bits per heavy atom. The fourth-order valence-corrected chi connectivity index (χ4v) is 4.02. The van der Waals surface area contributed by atoms with E-state index < -0.39 is 5.97 Å². The smallest absolute Gasteiger partial charge is 0.363 e. The molecule has 1 aliphatic rings. The van der Waals surface area contributed by atoms with Crippen molar-refractivity contribution in [2.24, 2.45) is 4.99 Å². The van der Waals surface area contributed by atoms with Crippen LogP contribution in [-0.2, 0) is 16.1 Å². The summed E-state index contributed by atoms with van der Waals surface area (Å²) in [5.74, 6) is 0.393. The van der Waals surface area contributed by atoms with Crippen LogP contribution < -0.4 is 9.47 Å². The number of esters is 1. The lowest BCUT2D eigenvalue weighted by Crippen LogP contribution is -2.06. The van der Waals surface area contributed by atoms with E-state index in [-0.39, 0.29) is 11.6 Å². The minimum absolute atomic E-state index is 0.104. The van der Waals surface area contributed by atoms with Crippen molar-refractivity contribution in [3.63, 3.8) is 0 Å². The molecule has 5 nitrogen and oxygen atoms in total. The summed E-state index contributed by atoms with van der Waals surface area (Å²) in [6, 6.07) is 16.3. The van der Waals surface area contributed by atoms with Gasteiger partial charge in [0.2, 0.25) is 5.90 Å². The van der Waals surface area contributed by atoms with Crippen LogP contribution >= 0.6 is 34.8 Å². The number of aliphatic imine (C=N–C) groups is 1. The summed E-state index contributed by atoms with van der Waals surface area (Å²) < 4.78 is 17.0. The van der Waals surface area contributed by atoms with Gasteiger partial charge in [-0.1, -0.05) is 64.6 Å². The minimum atomic E-state index is -0.602. The monoisotopic (exact) mass is 515 g/mol. The van der Waals surface area contributed by atoms with Gasteiger partial charge in [-0.05, 0) is 61.4 Å². The van der Waals surface area contributed by atoms with E-state index in [9.17, 15) is 4.79 Å². The summed E-state index contributed by atoms with van der Waals surface area (Å²) in [6.45, 7) is 4.64. The van der Waals surface area contributed by atoms with Crippen molar-refractivity contribution in [3.8, 4) is 11.5 Å². The highest BCUT2D eigenvalue weighted by Crippen LogP contribution is 2.38. The molecule has 0 saturated carbocycles. The molecule has 3 aromatic carbocycles. The van der Waals surface area contributed by atoms with Crippen molar-refractivity contribution in [2.75, 3.05) is 6.61 Å². The van der Waals surface area contributed by atoms with Crippen LogP contribution in [0.4, 0.5) is 0 Å². The van der Waals surface area contributed by atoms with Crippen molar-refractivity contribution in [3.05, 3.63) is 97.6 Å². The van der Waals surface area contributed by atoms with Crippen LogP contribution in [0.5, 0.6) is 11.5 Å². The number of hydrogen-bond donors (Lipinski definition) is 0. The second kappa shape index (κ2) is 10.5. The van der Waals surface area contributed by atoms with E-state index in [0.717, 1.165) is 5.56 Å². The average molecular weight is 517 g/mol. The number of halogens is 3. The molecule has 34 heavy (non-hydrogen) atoms. The number of carbonyl (C=O) groups is 1. The predicted octanol–water partition coefficient (Wildman–Crippen LogP) is 7.28. The van der Waals surface area contributed by atoms with Crippen LogP contribution in [-0.4, -0.2) is 18.5 Å². The van der Waals surface area contributed by atoms with Gasteiger partial charge < -0.3 is 14.2 Å². The van der Waals surface area contributed by atoms with Crippen LogP contribution in [0.2, 0.25) is 15.1 Å². The number of ether oxygens (including phenoxy) is 3. The Kier molecular flexibility index (Phi) is 7.47. The molecule has 0 aromatic heterocycles. The SMILES string of the molecule is CCOc1cc(/C=C2\N=C(c3ccc(Cl)cc3Cl)OC2=O)cc(Cl)c1OCc1ccc(C)cc1. The summed E-state index contributed by atoms with van der Waals surface area (Å²) in [5.41, 5.74) is 3.36. The Hall–Kier alpha value is -2.99. The van der Waals surface area contributed by atoms with Crippen LogP contribution in [0, 0.1) is 6.92 Å². The fourth-order valence-electron chi connectivity index (χ4n) is 3.26. The van der Waals surface area contributed by atoms with Crippen molar-refractivity contribution in [2.45, 2.75) is 20.5 Å². The maximum atomic E-state index is 12.4. The van der Waals surface area contributed by atoms with E-state index in [0.29, 0.717) is 50.9 Å². The Morgan fingerprint density at radius 3 is 2.44 bits per heavy atom. The molecule has 1 heterocycles. The second-order valence-corrected chi connectivity index (χ2v) is 8.75. The first-order chi connectivity index (χ1) is 16.3. The van der Waals surface area contributed by atoms with Crippen LogP contribution in [0.1, 0.15) is 29.2 Å². The molecule has 0 N–H and O–H groups in total. The molecular weight excluding hydrogens is 497 g/mol. The molecule has 4 rings (SSSR count). The van der Waals surface area contributed by atoms with Gasteiger partial charge in [-0.2, -0.15) is 0 Å². The van der Waals surface area contributed by atoms with Crippen molar-refractivity contribution in [1.82, 2.24) is 0 Å². The van der Waals surface area contributed by atoms with Gasteiger partial charge in [-0.15, -0.1) is 0 Å². The highest BCUT2D eigenvalue weighted by molar-refractivity contribution is 6.37. The van der Waals surface area contributed by atoms with Gasteiger partial charge >= 0.3 is 5.97 Å².